The van der Waals surface area contributed by atoms with E-state index < -0.39 is 0 Å². The van der Waals surface area contributed by atoms with Gasteiger partial charge in [-0.1, -0.05) is 322 Å². The standard InChI is InChI=1S/C52H33N5.C48H31N5/c1-4-14-36(15-5-1)49-54-50(56-51(55-49)43-26-23-34-13-10-11-18-38(34)32-43)42-20-12-19-39(33-42)40-27-29-45-41(31-40)25-24-35-28-30-46-48(47(35)45)53-52(37-16-6-2-7-17-37)57(46)44-21-8-3-9-22-44;1-5-14-33(15-6-1)45-50-46(34-16-7-2-8-17-34)52-47(51-45)39-21-13-20-36(31-39)37-26-28-41-38(30-37)25-24-32-27-29-42-44(43(32)41)49-48(35-18-9-3-10-19-35)53(42)40-22-11-4-12-23-40/h1-33H;1-31H. The number of nitrogens with zero attached hydrogens (tertiary/aromatic N) is 10. The SMILES string of the molecule is c1ccc(-c2nc(-c3cccc(-c4ccc5c(ccc6ccc7c(nc(-c8ccccc8)n7-c7ccccc7)c65)c4)c3)nc(-c3ccc4ccccc4c3)n2)cc1.c1ccc(-c2nc(-c3ccccc3)nc(-c3cccc(-c4ccc5c(ccc6ccc7c(nc(-c8ccccc8)n7-c7ccccc7)c65)c4)c3)n2)cc1. The van der Waals surface area contributed by atoms with Gasteiger partial charge in [-0.15, -0.1) is 0 Å². The third kappa shape index (κ3) is 12.1. The molecule has 0 N–H and O–H groups in total. The zero-order valence-electron chi connectivity index (χ0n) is 59.4. The van der Waals surface area contributed by atoms with Crippen LogP contribution in [0, 0.1) is 0 Å². The van der Waals surface area contributed by atoms with Crippen molar-refractivity contribution in [1.29, 1.82) is 0 Å². The Morgan fingerprint density at radius 2 is 0.436 bits per heavy atom. The monoisotopic (exact) mass is 1400 g/mol. The molecule has 4 aromatic heterocycles. The first-order valence-electron chi connectivity index (χ1n) is 36.9. The van der Waals surface area contributed by atoms with Gasteiger partial charge in [0.15, 0.2) is 34.9 Å². The smallest absolute Gasteiger partial charge is 0.164 e. The highest BCUT2D eigenvalue weighted by molar-refractivity contribution is 6.21. The van der Waals surface area contributed by atoms with E-state index in [9.17, 15) is 0 Å². The first kappa shape index (κ1) is 64.6. The lowest BCUT2D eigenvalue weighted by Gasteiger charge is -2.11. The normalized spacial score (nSPS) is 11.5. The Hall–Kier alpha value is -15.0. The fourth-order valence-electron chi connectivity index (χ4n) is 15.3. The maximum Gasteiger partial charge on any atom is 0.164 e. The van der Waals surface area contributed by atoms with E-state index >= 15 is 0 Å². The molecule has 0 radical (unpaired) electrons. The average Bonchev–Trinajstić information content (AvgIpc) is 1.55. The molecule has 0 aliphatic heterocycles. The molecule has 514 valence electrons. The van der Waals surface area contributed by atoms with Crippen LogP contribution in [0.1, 0.15) is 0 Å². The lowest BCUT2D eigenvalue weighted by molar-refractivity contribution is 1.07. The average molecular weight is 1410 g/mol. The van der Waals surface area contributed by atoms with Crippen LogP contribution in [0.5, 0.6) is 0 Å². The molecule has 0 fully saturated rings. The number of hydrogen-bond donors (Lipinski definition) is 0. The van der Waals surface area contributed by atoms with Crippen LogP contribution in [0.4, 0.5) is 0 Å². The third-order valence-corrected chi connectivity index (χ3v) is 20.6. The Balaban J connectivity index is 0.000000144. The predicted molar refractivity (Wildman–Crippen MR) is 451 cm³/mol. The molecule has 0 bridgehead atoms. The largest absolute Gasteiger partial charge is 0.292 e. The maximum absolute atomic E-state index is 5.38. The lowest BCUT2D eigenvalue weighted by atomic mass is 9.96. The highest BCUT2D eigenvalue weighted by Gasteiger charge is 2.22. The van der Waals surface area contributed by atoms with Gasteiger partial charge in [-0.3, -0.25) is 9.13 Å². The summed E-state index contributed by atoms with van der Waals surface area (Å²) < 4.78 is 4.55. The number of fused-ring (bicyclic) bond motifs is 11. The van der Waals surface area contributed by atoms with Crippen molar-refractivity contribution in [3.05, 3.63) is 388 Å². The van der Waals surface area contributed by atoms with Crippen molar-refractivity contribution in [3.8, 4) is 125 Å². The van der Waals surface area contributed by atoms with E-state index in [1.165, 1.54) is 16.2 Å². The number of imidazole rings is 2. The summed E-state index contributed by atoms with van der Waals surface area (Å²) in [5.41, 5.74) is 18.5. The van der Waals surface area contributed by atoms with Crippen molar-refractivity contribution in [2.24, 2.45) is 0 Å². The molecular weight excluding hydrogens is 1340 g/mol. The summed E-state index contributed by atoms with van der Waals surface area (Å²) in [4.78, 5) is 40.6. The van der Waals surface area contributed by atoms with Crippen molar-refractivity contribution >= 4 is 75.9 Å². The van der Waals surface area contributed by atoms with Gasteiger partial charge in [-0.2, -0.15) is 0 Å². The molecule has 0 spiro atoms. The van der Waals surface area contributed by atoms with Gasteiger partial charge < -0.3 is 0 Å². The summed E-state index contributed by atoms with van der Waals surface area (Å²) in [7, 11) is 0. The van der Waals surface area contributed by atoms with E-state index in [1.54, 1.807) is 0 Å². The highest BCUT2D eigenvalue weighted by atomic mass is 15.1. The van der Waals surface area contributed by atoms with Gasteiger partial charge in [-0.25, -0.2) is 39.9 Å². The van der Waals surface area contributed by atoms with Crippen molar-refractivity contribution in [1.82, 2.24) is 49.0 Å². The highest BCUT2D eigenvalue weighted by Crippen LogP contribution is 2.42. The summed E-state index contributed by atoms with van der Waals surface area (Å²) in [5, 5.41) is 11.6. The zero-order chi connectivity index (χ0) is 72.9. The molecule has 0 unspecified atom stereocenters. The summed E-state index contributed by atoms with van der Waals surface area (Å²) in [6.07, 6.45) is 0. The van der Waals surface area contributed by atoms with E-state index in [-0.39, 0.29) is 0 Å². The van der Waals surface area contributed by atoms with Gasteiger partial charge in [0.25, 0.3) is 0 Å². The first-order valence-corrected chi connectivity index (χ1v) is 36.9. The molecule has 10 nitrogen and oxygen atoms in total. The molecular formula is C100H64N10. The topological polar surface area (TPSA) is 113 Å². The van der Waals surface area contributed by atoms with Crippen LogP contribution in [0.3, 0.4) is 0 Å². The summed E-state index contributed by atoms with van der Waals surface area (Å²) >= 11 is 0. The van der Waals surface area contributed by atoms with Crippen LogP contribution in [-0.4, -0.2) is 49.0 Å². The summed E-state index contributed by atoms with van der Waals surface area (Å²) in [6, 6.07) is 135. The Labute approximate surface area is 634 Å². The molecule has 10 heteroatoms. The van der Waals surface area contributed by atoms with Gasteiger partial charge >= 0.3 is 0 Å². The van der Waals surface area contributed by atoms with E-state index in [0.29, 0.717) is 34.9 Å². The Bertz CT molecular complexity index is 7000. The number of hydrogen-bond acceptors (Lipinski definition) is 8. The van der Waals surface area contributed by atoms with E-state index in [0.717, 1.165) is 150 Å². The third-order valence-electron chi connectivity index (χ3n) is 20.6. The second kappa shape index (κ2) is 27.8. The summed E-state index contributed by atoms with van der Waals surface area (Å²) in [6.45, 7) is 0. The van der Waals surface area contributed by atoms with Gasteiger partial charge in [0, 0.05) is 66.7 Å². The molecule has 21 aromatic rings. The number of rotatable bonds is 12. The molecule has 0 atom stereocenters. The van der Waals surface area contributed by atoms with Crippen LogP contribution in [0.25, 0.3) is 201 Å². The van der Waals surface area contributed by atoms with Crippen molar-refractivity contribution in [3.63, 3.8) is 0 Å². The van der Waals surface area contributed by atoms with E-state index in [2.05, 4.69) is 294 Å². The second-order valence-corrected chi connectivity index (χ2v) is 27.4. The van der Waals surface area contributed by atoms with Crippen LogP contribution in [0.2, 0.25) is 0 Å². The minimum atomic E-state index is 0.631. The molecule has 21 rings (SSSR count). The molecule has 4 heterocycles. The number of aromatic nitrogens is 10. The minimum Gasteiger partial charge on any atom is -0.292 e. The molecule has 0 saturated carbocycles. The molecule has 0 amide bonds. The van der Waals surface area contributed by atoms with Crippen molar-refractivity contribution in [2.45, 2.75) is 0 Å². The van der Waals surface area contributed by atoms with E-state index in [1.807, 2.05) is 103 Å². The Kier molecular flexibility index (Phi) is 16.3. The van der Waals surface area contributed by atoms with Crippen LogP contribution >= 0.6 is 0 Å². The maximum atomic E-state index is 5.38. The van der Waals surface area contributed by atoms with E-state index in [4.69, 9.17) is 39.9 Å². The van der Waals surface area contributed by atoms with Gasteiger partial charge in [0.2, 0.25) is 0 Å². The molecule has 0 aliphatic carbocycles. The van der Waals surface area contributed by atoms with Crippen LogP contribution in [-0.2, 0) is 0 Å². The second-order valence-electron chi connectivity index (χ2n) is 27.4. The van der Waals surface area contributed by atoms with Crippen molar-refractivity contribution in [2.75, 3.05) is 0 Å². The molecule has 17 aromatic carbocycles. The quantitative estimate of drug-likeness (QED) is 0.111. The molecule has 0 aliphatic rings. The van der Waals surface area contributed by atoms with Gasteiger partial charge in [-0.05, 0) is 132 Å². The molecule has 0 saturated heterocycles. The van der Waals surface area contributed by atoms with Crippen LogP contribution < -0.4 is 0 Å². The Morgan fingerprint density at radius 3 is 0.836 bits per heavy atom. The van der Waals surface area contributed by atoms with Crippen molar-refractivity contribution < 1.29 is 0 Å². The fourth-order valence-corrected chi connectivity index (χ4v) is 15.3. The first-order chi connectivity index (χ1) is 54.5. The summed E-state index contributed by atoms with van der Waals surface area (Å²) in [5.74, 6) is 5.69. The number of para-hydroxylation sites is 2. The Morgan fingerprint density at radius 1 is 0.164 bits per heavy atom. The van der Waals surface area contributed by atoms with Gasteiger partial charge in [0.05, 0.1) is 22.1 Å². The minimum absolute atomic E-state index is 0.631. The lowest BCUT2D eigenvalue weighted by Crippen LogP contribution is -2.00. The van der Waals surface area contributed by atoms with Gasteiger partial charge in [0.1, 0.15) is 11.6 Å². The zero-order valence-corrected chi connectivity index (χ0v) is 59.4. The predicted octanol–water partition coefficient (Wildman–Crippen LogP) is 24.9. The molecule has 110 heavy (non-hydrogen) atoms. The fraction of sp³-hybridized carbons (Fsp3) is 0. The number of benzene rings is 17. The van der Waals surface area contributed by atoms with Crippen LogP contribution in [0.15, 0.2) is 388 Å².